The van der Waals surface area contributed by atoms with E-state index in [1.807, 2.05) is 12.1 Å². The van der Waals surface area contributed by atoms with E-state index in [0.717, 1.165) is 33.5 Å². The van der Waals surface area contributed by atoms with Crippen LogP contribution in [-0.4, -0.2) is 11.7 Å². The molecule has 1 aromatic heterocycles. The first kappa shape index (κ1) is 13.2. The summed E-state index contributed by atoms with van der Waals surface area (Å²) in [6, 6.07) is 8.13. The molecule has 0 fully saturated rings. The molecular formula is C15H15BrO2S. The maximum absolute atomic E-state index is 10.6. The fourth-order valence-corrected chi connectivity index (χ4v) is 3.87. The molecule has 3 rings (SSSR count). The first-order chi connectivity index (χ1) is 9.19. The fraction of sp³-hybridized carbons (Fsp3) is 0.333. The number of hydrogen-bond acceptors (Lipinski definition) is 3. The van der Waals surface area contributed by atoms with E-state index in [2.05, 4.69) is 35.0 Å². The number of thiophene rings is 1. The van der Waals surface area contributed by atoms with Crippen LogP contribution in [0.15, 0.2) is 28.7 Å². The first-order valence-corrected chi connectivity index (χ1v) is 8.01. The summed E-state index contributed by atoms with van der Waals surface area (Å²) >= 11 is 5.18. The molecule has 2 aromatic rings. The standard InChI is InChI=1S/C15H15BrO2S/c1-2-11-3-4-13(19-11)14(17)12-8-10(16)7-9-5-6-18-15(9)12/h3-4,7-8,14,17H,2,5-6H2,1H3. The minimum absolute atomic E-state index is 0.602. The molecule has 0 spiro atoms. The summed E-state index contributed by atoms with van der Waals surface area (Å²) in [6.07, 6.45) is 1.32. The van der Waals surface area contributed by atoms with E-state index in [0.29, 0.717) is 6.61 Å². The summed E-state index contributed by atoms with van der Waals surface area (Å²) in [6.45, 7) is 2.83. The molecule has 1 aliphatic heterocycles. The van der Waals surface area contributed by atoms with Crippen molar-refractivity contribution >= 4 is 27.3 Å². The highest BCUT2D eigenvalue weighted by molar-refractivity contribution is 9.10. The Morgan fingerprint density at radius 1 is 1.42 bits per heavy atom. The van der Waals surface area contributed by atoms with Gasteiger partial charge in [0.15, 0.2) is 0 Å². The number of rotatable bonds is 3. The van der Waals surface area contributed by atoms with Gasteiger partial charge in [-0.1, -0.05) is 22.9 Å². The van der Waals surface area contributed by atoms with Gasteiger partial charge >= 0.3 is 0 Å². The molecule has 19 heavy (non-hydrogen) atoms. The zero-order valence-electron chi connectivity index (χ0n) is 10.6. The molecule has 1 aromatic carbocycles. The van der Waals surface area contributed by atoms with Gasteiger partial charge in [0.1, 0.15) is 11.9 Å². The summed E-state index contributed by atoms with van der Waals surface area (Å²) in [5.74, 6) is 0.863. The summed E-state index contributed by atoms with van der Waals surface area (Å²) in [7, 11) is 0. The van der Waals surface area contributed by atoms with Crippen LogP contribution in [0, 0.1) is 0 Å². The molecule has 0 bridgehead atoms. The van der Waals surface area contributed by atoms with Gasteiger partial charge in [0, 0.05) is 26.2 Å². The lowest BCUT2D eigenvalue weighted by Gasteiger charge is -2.14. The number of halogens is 1. The molecule has 0 radical (unpaired) electrons. The molecule has 1 atom stereocenters. The van der Waals surface area contributed by atoms with Crippen molar-refractivity contribution < 1.29 is 9.84 Å². The topological polar surface area (TPSA) is 29.5 Å². The van der Waals surface area contributed by atoms with Crippen LogP contribution in [0.1, 0.15) is 33.9 Å². The normalized spacial score (nSPS) is 15.1. The summed E-state index contributed by atoms with van der Waals surface area (Å²) in [4.78, 5) is 2.27. The van der Waals surface area contributed by atoms with Gasteiger partial charge in [0.05, 0.1) is 6.61 Å². The highest BCUT2D eigenvalue weighted by atomic mass is 79.9. The van der Waals surface area contributed by atoms with E-state index in [-0.39, 0.29) is 0 Å². The molecule has 2 heterocycles. The van der Waals surface area contributed by atoms with Gasteiger partial charge in [-0.15, -0.1) is 11.3 Å². The van der Waals surface area contributed by atoms with Gasteiger partial charge < -0.3 is 9.84 Å². The summed E-state index contributed by atoms with van der Waals surface area (Å²) < 4.78 is 6.68. The minimum Gasteiger partial charge on any atom is -0.493 e. The number of fused-ring (bicyclic) bond motifs is 1. The van der Waals surface area contributed by atoms with E-state index in [9.17, 15) is 5.11 Å². The van der Waals surface area contributed by atoms with E-state index in [1.165, 1.54) is 10.4 Å². The van der Waals surface area contributed by atoms with Crippen molar-refractivity contribution in [3.8, 4) is 5.75 Å². The molecule has 1 aliphatic rings. The lowest BCUT2D eigenvalue weighted by Crippen LogP contribution is -2.00. The second-order valence-corrected chi connectivity index (χ2v) is 6.76. The van der Waals surface area contributed by atoms with Crippen molar-refractivity contribution in [3.63, 3.8) is 0 Å². The van der Waals surface area contributed by atoms with Crippen molar-refractivity contribution in [3.05, 3.63) is 49.6 Å². The van der Waals surface area contributed by atoms with Gasteiger partial charge in [-0.3, -0.25) is 0 Å². The van der Waals surface area contributed by atoms with Crippen LogP contribution in [0.25, 0.3) is 0 Å². The third-order valence-electron chi connectivity index (χ3n) is 3.37. The van der Waals surface area contributed by atoms with Crippen LogP contribution in [0.3, 0.4) is 0 Å². The zero-order chi connectivity index (χ0) is 13.4. The molecule has 0 saturated heterocycles. The van der Waals surface area contributed by atoms with Gasteiger partial charge in [0.25, 0.3) is 0 Å². The molecule has 1 unspecified atom stereocenters. The molecule has 2 nitrogen and oxygen atoms in total. The summed E-state index contributed by atoms with van der Waals surface area (Å²) in [5, 5.41) is 10.6. The molecule has 0 amide bonds. The average molecular weight is 339 g/mol. The van der Waals surface area contributed by atoms with Crippen LogP contribution < -0.4 is 4.74 Å². The number of hydrogen-bond donors (Lipinski definition) is 1. The predicted octanol–water partition coefficient (Wildman–Crippen LogP) is 4.09. The average Bonchev–Trinajstić information content (AvgIpc) is 3.04. The zero-order valence-corrected chi connectivity index (χ0v) is 13.1. The van der Waals surface area contributed by atoms with Crippen molar-refractivity contribution in [2.75, 3.05) is 6.61 Å². The number of aliphatic hydroxyl groups is 1. The van der Waals surface area contributed by atoms with E-state index >= 15 is 0 Å². The van der Waals surface area contributed by atoms with Crippen molar-refractivity contribution in [2.24, 2.45) is 0 Å². The molecule has 0 saturated carbocycles. The van der Waals surface area contributed by atoms with Gasteiger partial charge in [-0.05, 0) is 36.2 Å². The van der Waals surface area contributed by atoms with Gasteiger partial charge in [0.2, 0.25) is 0 Å². The molecule has 1 N–H and O–H groups in total. The monoisotopic (exact) mass is 338 g/mol. The second-order valence-electron chi connectivity index (χ2n) is 4.64. The van der Waals surface area contributed by atoms with E-state index < -0.39 is 6.10 Å². The lowest BCUT2D eigenvalue weighted by atomic mass is 10.0. The smallest absolute Gasteiger partial charge is 0.128 e. The highest BCUT2D eigenvalue weighted by Gasteiger charge is 2.23. The maximum atomic E-state index is 10.6. The lowest BCUT2D eigenvalue weighted by molar-refractivity contribution is 0.217. The summed E-state index contributed by atoms with van der Waals surface area (Å²) in [5.41, 5.74) is 2.04. The Kier molecular flexibility index (Phi) is 3.65. The molecular weight excluding hydrogens is 324 g/mol. The number of aliphatic hydroxyl groups excluding tert-OH is 1. The number of benzene rings is 1. The third-order valence-corrected chi connectivity index (χ3v) is 5.11. The molecule has 0 aliphatic carbocycles. The Bertz CT molecular complexity index is 606. The fourth-order valence-electron chi connectivity index (χ4n) is 2.39. The Morgan fingerprint density at radius 3 is 3.00 bits per heavy atom. The predicted molar refractivity (Wildman–Crippen MR) is 81.1 cm³/mol. The SMILES string of the molecule is CCc1ccc(C(O)c2cc(Br)cc3c2OCC3)s1. The maximum Gasteiger partial charge on any atom is 0.128 e. The Balaban J connectivity index is 2.02. The minimum atomic E-state index is -0.602. The Morgan fingerprint density at radius 2 is 2.26 bits per heavy atom. The van der Waals surface area contributed by atoms with Crippen LogP contribution in [-0.2, 0) is 12.8 Å². The van der Waals surface area contributed by atoms with Crippen LogP contribution in [0.5, 0.6) is 5.75 Å². The van der Waals surface area contributed by atoms with Crippen LogP contribution >= 0.6 is 27.3 Å². The quantitative estimate of drug-likeness (QED) is 0.913. The van der Waals surface area contributed by atoms with Crippen molar-refractivity contribution in [1.29, 1.82) is 0 Å². The number of ether oxygens (including phenoxy) is 1. The largest absolute Gasteiger partial charge is 0.493 e. The highest BCUT2D eigenvalue weighted by Crippen LogP contribution is 2.40. The van der Waals surface area contributed by atoms with Crippen LogP contribution in [0.2, 0.25) is 0 Å². The Labute approximate surface area is 125 Å². The van der Waals surface area contributed by atoms with Gasteiger partial charge in [-0.25, -0.2) is 0 Å². The third kappa shape index (κ3) is 2.45. The van der Waals surface area contributed by atoms with Crippen molar-refractivity contribution in [1.82, 2.24) is 0 Å². The van der Waals surface area contributed by atoms with E-state index in [4.69, 9.17) is 4.74 Å². The number of aryl methyl sites for hydroxylation is 1. The van der Waals surface area contributed by atoms with Gasteiger partial charge in [-0.2, -0.15) is 0 Å². The Hall–Kier alpha value is -0.840. The van der Waals surface area contributed by atoms with Crippen molar-refractivity contribution in [2.45, 2.75) is 25.9 Å². The van der Waals surface area contributed by atoms with Crippen LogP contribution in [0.4, 0.5) is 0 Å². The second kappa shape index (κ2) is 5.27. The molecule has 4 heteroatoms. The van der Waals surface area contributed by atoms with E-state index in [1.54, 1.807) is 11.3 Å². The molecule has 100 valence electrons. The first-order valence-electron chi connectivity index (χ1n) is 6.41.